The number of halogens is 1. The fraction of sp³-hybridized carbons (Fsp3) is 0.600. The summed E-state index contributed by atoms with van der Waals surface area (Å²) in [6.07, 6.45) is 5.17. The maximum absolute atomic E-state index is 6.33. The van der Waals surface area contributed by atoms with E-state index in [1.807, 2.05) is 0 Å². The molecule has 17 heavy (non-hydrogen) atoms. The number of benzene rings is 1. The Morgan fingerprint density at radius 1 is 1.35 bits per heavy atom. The SMILES string of the molecule is CCNCC1(Cc2ccc(C)cc2Cl)CCC1. The van der Waals surface area contributed by atoms with Gasteiger partial charge < -0.3 is 5.32 Å². The van der Waals surface area contributed by atoms with Crippen molar-refractivity contribution in [3.63, 3.8) is 0 Å². The van der Waals surface area contributed by atoms with Crippen LogP contribution in [0.4, 0.5) is 0 Å². The third kappa shape index (κ3) is 3.02. The second-order valence-corrected chi connectivity index (χ2v) is 5.81. The molecule has 94 valence electrons. The summed E-state index contributed by atoms with van der Waals surface area (Å²) in [5, 5.41) is 4.44. The standard InChI is InChI=1S/C15H22ClN/c1-3-17-11-15(7-4-8-15)10-13-6-5-12(2)9-14(13)16/h5-6,9,17H,3-4,7-8,10-11H2,1-2H3. The summed E-state index contributed by atoms with van der Waals surface area (Å²) in [4.78, 5) is 0. The third-order valence-electron chi connectivity index (χ3n) is 3.94. The monoisotopic (exact) mass is 251 g/mol. The molecule has 2 heteroatoms. The topological polar surface area (TPSA) is 12.0 Å². The molecule has 1 aliphatic rings. The van der Waals surface area contributed by atoms with Crippen molar-refractivity contribution in [2.45, 2.75) is 39.5 Å². The molecule has 0 aliphatic heterocycles. The fourth-order valence-corrected chi connectivity index (χ4v) is 2.98. The van der Waals surface area contributed by atoms with Gasteiger partial charge in [-0.1, -0.05) is 37.1 Å². The van der Waals surface area contributed by atoms with Gasteiger partial charge in [-0.2, -0.15) is 0 Å². The van der Waals surface area contributed by atoms with Crippen molar-refractivity contribution >= 4 is 11.6 Å². The van der Waals surface area contributed by atoms with E-state index < -0.39 is 0 Å². The van der Waals surface area contributed by atoms with Crippen LogP contribution >= 0.6 is 11.6 Å². The van der Waals surface area contributed by atoms with Crippen molar-refractivity contribution in [2.75, 3.05) is 13.1 Å². The molecule has 1 nitrogen and oxygen atoms in total. The Bertz CT molecular complexity index is 383. The Hall–Kier alpha value is -0.530. The molecule has 0 bridgehead atoms. The average molecular weight is 252 g/mol. The van der Waals surface area contributed by atoms with Crippen LogP contribution in [-0.4, -0.2) is 13.1 Å². The Morgan fingerprint density at radius 2 is 2.12 bits per heavy atom. The quantitative estimate of drug-likeness (QED) is 0.835. The molecular formula is C15H22ClN. The van der Waals surface area contributed by atoms with Crippen LogP contribution in [0.25, 0.3) is 0 Å². The van der Waals surface area contributed by atoms with Crippen LogP contribution in [0.1, 0.15) is 37.3 Å². The van der Waals surface area contributed by atoms with E-state index >= 15 is 0 Å². The molecule has 0 heterocycles. The lowest BCUT2D eigenvalue weighted by Crippen LogP contribution is -2.41. The number of hydrogen-bond donors (Lipinski definition) is 1. The van der Waals surface area contributed by atoms with Crippen molar-refractivity contribution < 1.29 is 0 Å². The normalized spacial score (nSPS) is 17.8. The summed E-state index contributed by atoms with van der Waals surface area (Å²) >= 11 is 6.33. The Morgan fingerprint density at radius 3 is 2.65 bits per heavy atom. The van der Waals surface area contributed by atoms with E-state index in [2.05, 4.69) is 37.4 Å². The van der Waals surface area contributed by atoms with Crippen molar-refractivity contribution in [3.05, 3.63) is 34.3 Å². The molecule has 0 atom stereocenters. The highest BCUT2D eigenvalue weighted by Gasteiger charge is 2.36. The van der Waals surface area contributed by atoms with Gasteiger partial charge in [-0.25, -0.2) is 0 Å². The molecule has 1 aromatic carbocycles. The fourth-order valence-electron chi connectivity index (χ4n) is 2.68. The van der Waals surface area contributed by atoms with Crippen LogP contribution in [0.3, 0.4) is 0 Å². The van der Waals surface area contributed by atoms with Gasteiger partial charge in [0.25, 0.3) is 0 Å². The lowest BCUT2D eigenvalue weighted by atomic mass is 9.65. The molecule has 1 aliphatic carbocycles. The van der Waals surface area contributed by atoms with Crippen molar-refractivity contribution in [3.8, 4) is 0 Å². The molecule has 0 aromatic heterocycles. The highest BCUT2D eigenvalue weighted by molar-refractivity contribution is 6.31. The van der Waals surface area contributed by atoms with E-state index in [0.29, 0.717) is 5.41 Å². The van der Waals surface area contributed by atoms with Gasteiger partial charge >= 0.3 is 0 Å². The summed E-state index contributed by atoms with van der Waals surface area (Å²) in [5.41, 5.74) is 3.03. The first-order chi connectivity index (χ1) is 8.15. The zero-order valence-corrected chi connectivity index (χ0v) is 11.6. The molecule has 1 N–H and O–H groups in total. The zero-order chi connectivity index (χ0) is 12.3. The highest BCUT2D eigenvalue weighted by Crippen LogP contribution is 2.44. The first kappa shape index (κ1) is 12.9. The second-order valence-electron chi connectivity index (χ2n) is 5.41. The summed E-state index contributed by atoms with van der Waals surface area (Å²) in [5.74, 6) is 0. The second kappa shape index (κ2) is 5.41. The predicted molar refractivity (Wildman–Crippen MR) is 74.7 cm³/mol. The lowest BCUT2D eigenvalue weighted by molar-refractivity contribution is 0.131. The third-order valence-corrected chi connectivity index (χ3v) is 4.29. The first-order valence-electron chi connectivity index (χ1n) is 6.61. The van der Waals surface area contributed by atoms with E-state index in [1.54, 1.807) is 0 Å². The Labute approximate surface area is 110 Å². The van der Waals surface area contributed by atoms with Gasteiger partial charge in [-0.05, 0) is 55.3 Å². The molecule has 1 fully saturated rings. The zero-order valence-electron chi connectivity index (χ0n) is 10.9. The highest BCUT2D eigenvalue weighted by atomic mass is 35.5. The number of aryl methyl sites for hydroxylation is 1. The molecule has 1 saturated carbocycles. The van der Waals surface area contributed by atoms with Crippen LogP contribution in [0.2, 0.25) is 5.02 Å². The molecular weight excluding hydrogens is 230 g/mol. The van der Waals surface area contributed by atoms with E-state index in [4.69, 9.17) is 11.6 Å². The smallest absolute Gasteiger partial charge is 0.0440 e. The van der Waals surface area contributed by atoms with Crippen LogP contribution in [0.5, 0.6) is 0 Å². The summed E-state index contributed by atoms with van der Waals surface area (Å²) < 4.78 is 0. The molecule has 0 saturated heterocycles. The van der Waals surface area contributed by atoms with Gasteiger partial charge in [0.05, 0.1) is 0 Å². The van der Waals surface area contributed by atoms with Crippen LogP contribution < -0.4 is 5.32 Å². The Balaban J connectivity index is 2.07. The Kier molecular flexibility index (Phi) is 4.11. The molecule has 1 aromatic rings. The van der Waals surface area contributed by atoms with E-state index in [9.17, 15) is 0 Å². The largest absolute Gasteiger partial charge is 0.316 e. The van der Waals surface area contributed by atoms with Crippen LogP contribution in [-0.2, 0) is 6.42 Å². The minimum Gasteiger partial charge on any atom is -0.316 e. The maximum Gasteiger partial charge on any atom is 0.0440 e. The van der Waals surface area contributed by atoms with Gasteiger partial charge in [-0.15, -0.1) is 0 Å². The van der Waals surface area contributed by atoms with E-state index in [-0.39, 0.29) is 0 Å². The minimum absolute atomic E-state index is 0.467. The van der Waals surface area contributed by atoms with Gasteiger partial charge in [0.15, 0.2) is 0 Å². The van der Waals surface area contributed by atoms with Gasteiger partial charge in [0, 0.05) is 11.6 Å². The number of rotatable bonds is 5. The lowest BCUT2D eigenvalue weighted by Gasteiger charge is -2.42. The minimum atomic E-state index is 0.467. The number of hydrogen-bond acceptors (Lipinski definition) is 1. The maximum atomic E-state index is 6.33. The van der Waals surface area contributed by atoms with Gasteiger partial charge in [-0.3, -0.25) is 0 Å². The molecule has 0 spiro atoms. The molecule has 0 unspecified atom stereocenters. The van der Waals surface area contributed by atoms with E-state index in [1.165, 1.54) is 30.4 Å². The van der Waals surface area contributed by atoms with Gasteiger partial charge in [0.2, 0.25) is 0 Å². The first-order valence-corrected chi connectivity index (χ1v) is 6.99. The van der Waals surface area contributed by atoms with E-state index in [0.717, 1.165) is 24.5 Å². The van der Waals surface area contributed by atoms with Crippen LogP contribution in [0, 0.1) is 12.3 Å². The summed E-state index contributed by atoms with van der Waals surface area (Å²) in [6, 6.07) is 6.45. The van der Waals surface area contributed by atoms with Crippen molar-refractivity contribution in [2.24, 2.45) is 5.41 Å². The summed E-state index contributed by atoms with van der Waals surface area (Å²) in [6.45, 7) is 6.45. The van der Waals surface area contributed by atoms with Crippen LogP contribution in [0.15, 0.2) is 18.2 Å². The molecule has 0 radical (unpaired) electrons. The average Bonchev–Trinajstić information content (AvgIpc) is 2.25. The number of nitrogens with one attached hydrogen (secondary N) is 1. The van der Waals surface area contributed by atoms with Gasteiger partial charge in [0.1, 0.15) is 0 Å². The predicted octanol–water partition coefficient (Wildman–Crippen LogP) is 3.97. The van der Waals surface area contributed by atoms with Crippen molar-refractivity contribution in [1.82, 2.24) is 5.32 Å². The molecule has 2 rings (SSSR count). The molecule has 0 amide bonds. The van der Waals surface area contributed by atoms with Crippen molar-refractivity contribution in [1.29, 1.82) is 0 Å². The summed E-state index contributed by atoms with van der Waals surface area (Å²) in [7, 11) is 0.